The van der Waals surface area contributed by atoms with Crippen LogP contribution < -0.4 is 9.64 Å². The van der Waals surface area contributed by atoms with E-state index >= 15 is 0 Å². The van der Waals surface area contributed by atoms with E-state index in [1.54, 1.807) is 18.4 Å². The number of rotatable bonds is 6. The average molecular weight is 375 g/mol. The van der Waals surface area contributed by atoms with Crippen molar-refractivity contribution in [1.82, 2.24) is 4.90 Å². The zero-order valence-corrected chi connectivity index (χ0v) is 16.4. The Morgan fingerprint density at radius 2 is 1.92 bits per heavy atom. The van der Waals surface area contributed by atoms with Crippen molar-refractivity contribution in [3.8, 4) is 5.75 Å². The molecule has 26 heavy (non-hydrogen) atoms. The normalized spacial score (nSPS) is 20.7. The molecular formula is C20H26N2O3S. The molecule has 2 heterocycles. The van der Waals surface area contributed by atoms with E-state index in [-0.39, 0.29) is 18.1 Å². The van der Waals surface area contributed by atoms with E-state index in [4.69, 9.17) is 9.47 Å². The highest BCUT2D eigenvalue weighted by molar-refractivity contribution is 7.09. The van der Waals surface area contributed by atoms with Gasteiger partial charge < -0.3 is 14.4 Å². The molecule has 1 aliphatic heterocycles. The van der Waals surface area contributed by atoms with Crippen molar-refractivity contribution in [2.75, 3.05) is 31.6 Å². The van der Waals surface area contributed by atoms with Crippen LogP contribution in [0.3, 0.4) is 0 Å². The Morgan fingerprint density at radius 3 is 2.50 bits per heavy atom. The number of hydrogen-bond acceptors (Lipinski definition) is 5. The smallest absolute Gasteiger partial charge is 0.241 e. The maximum absolute atomic E-state index is 13.1. The molecule has 6 heteroatoms. The Hall–Kier alpha value is -1.89. The molecule has 2 aromatic rings. The molecule has 1 aromatic heterocycles. The SMILES string of the molecule is COc1ccc(N(Cc2cccs2)C(=O)CN2C[C@H](C)O[C@@H](C)C2)cc1. The third kappa shape index (κ3) is 4.84. The number of methoxy groups -OCH3 is 1. The van der Waals surface area contributed by atoms with Crippen LogP contribution in [0.15, 0.2) is 41.8 Å². The van der Waals surface area contributed by atoms with Gasteiger partial charge in [0.1, 0.15) is 5.75 Å². The summed E-state index contributed by atoms with van der Waals surface area (Å²) in [6.07, 6.45) is 0.302. The van der Waals surface area contributed by atoms with Gasteiger partial charge in [-0.3, -0.25) is 9.69 Å². The first kappa shape index (κ1) is 18.9. The van der Waals surface area contributed by atoms with E-state index in [0.29, 0.717) is 13.1 Å². The number of benzene rings is 1. The molecular weight excluding hydrogens is 348 g/mol. The number of carbonyl (C=O) groups is 1. The molecule has 0 spiro atoms. The third-order valence-electron chi connectivity index (χ3n) is 4.43. The van der Waals surface area contributed by atoms with Gasteiger partial charge in [-0.25, -0.2) is 0 Å². The molecule has 1 aromatic carbocycles. The van der Waals surface area contributed by atoms with Crippen LogP contribution in [0.5, 0.6) is 5.75 Å². The number of morpholine rings is 1. The highest BCUT2D eigenvalue weighted by Gasteiger charge is 2.26. The monoisotopic (exact) mass is 374 g/mol. The Labute approximate surface area is 159 Å². The lowest BCUT2D eigenvalue weighted by molar-refractivity contribution is -0.123. The van der Waals surface area contributed by atoms with Gasteiger partial charge in [-0.15, -0.1) is 11.3 Å². The highest BCUT2D eigenvalue weighted by atomic mass is 32.1. The summed E-state index contributed by atoms with van der Waals surface area (Å²) in [7, 11) is 1.64. The second-order valence-electron chi connectivity index (χ2n) is 6.71. The molecule has 0 N–H and O–H groups in total. The number of nitrogens with zero attached hydrogens (tertiary/aromatic N) is 2. The molecule has 140 valence electrons. The molecule has 1 fully saturated rings. The van der Waals surface area contributed by atoms with Gasteiger partial charge in [0.15, 0.2) is 0 Å². The van der Waals surface area contributed by atoms with Gasteiger partial charge in [0, 0.05) is 23.7 Å². The standard InChI is InChI=1S/C20H26N2O3S/c1-15-11-21(12-16(2)25-15)14-20(23)22(13-19-5-4-10-26-19)17-6-8-18(24-3)9-7-17/h4-10,15-16H,11-14H2,1-3H3/t15-,16-/m0/s1. The lowest BCUT2D eigenvalue weighted by atomic mass is 10.2. The first-order valence-corrected chi connectivity index (χ1v) is 9.77. The zero-order chi connectivity index (χ0) is 18.5. The number of anilines is 1. The fourth-order valence-electron chi connectivity index (χ4n) is 3.33. The minimum Gasteiger partial charge on any atom is -0.497 e. The Morgan fingerprint density at radius 1 is 1.23 bits per heavy atom. The third-order valence-corrected chi connectivity index (χ3v) is 5.29. The van der Waals surface area contributed by atoms with Crippen LogP contribution in [0.1, 0.15) is 18.7 Å². The number of ether oxygens (including phenoxy) is 2. The van der Waals surface area contributed by atoms with Crippen LogP contribution in [0.2, 0.25) is 0 Å². The van der Waals surface area contributed by atoms with Crippen molar-refractivity contribution in [3.63, 3.8) is 0 Å². The topological polar surface area (TPSA) is 42.0 Å². The maximum Gasteiger partial charge on any atom is 0.241 e. The molecule has 5 nitrogen and oxygen atoms in total. The predicted octanol–water partition coefficient (Wildman–Crippen LogP) is 3.40. The van der Waals surface area contributed by atoms with Crippen LogP contribution >= 0.6 is 11.3 Å². The lowest BCUT2D eigenvalue weighted by Crippen LogP contribution is -2.49. The second kappa shape index (κ2) is 8.66. The zero-order valence-electron chi connectivity index (χ0n) is 15.6. The average Bonchev–Trinajstić information content (AvgIpc) is 3.12. The summed E-state index contributed by atoms with van der Waals surface area (Å²) in [5.74, 6) is 0.887. The summed E-state index contributed by atoms with van der Waals surface area (Å²) in [5, 5.41) is 2.04. The van der Waals surface area contributed by atoms with Gasteiger partial charge in [-0.1, -0.05) is 6.07 Å². The summed E-state index contributed by atoms with van der Waals surface area (Å²) >= 11 is 1.67. The van der Waals surface area contributed by atoms with Crippen molar-refractivity contribution in [2.45, 2.75) is 32.6 Å². The van der Waals surface area contributed by atoms with Crippen LogP contribution in [0.4, 0.5) is 5.69 Å². The lowest BCUT2D eigenvalue weighted by Gasteiger charge is -2.36. The molecule has 1 saturated heterocycles. The van der Waals surface area contributed by atoms with Gasteiger partial charge in [-0.05, 0) is 49.6 Å². The van der Waals surface area contributed by atoms with E-state index in [9.17, 15) is 4.79 Å². The number of amides is 1. The van der Waals surface area contributed by atoms with Crippen LogP contribution in [0, 0.1) is 0 Å². The maximum atomic E-state index is 13.1. The van der Waals surface area contributed by atoms with Crippen molar-refractivity contribution in [1.29, 1.82) is 0 Å². The Balaban J connectivity index is 1.76. The van der Waals surface area contributed by atoms with Crippen molar-refractivity contribution < 1.29 is 14.3 Å². The molecule has 3 rings (SSSR count). The molecule has 2 atom stereocenters. The van der Waals surface area contributed by atoms with Crippen molar-refractivity contribution in [2.24, 2.45) is 0 Å². The van der Waals surface area contributed by atoms with Gasteiger partial charge in [0.25, 0.3) is 0 Å². The minimum atomic E-state index is 0.102. The van der Waals surface area contributed by atoms with Crippen LogP contribution in [0.25, 0.3) is 0 Å². The number of thiophene rings is 1. The van der Waals surface area contributed by atoms with Crippen molar-refractivity contribution >= 4 is 22.9 Å². The minimum absolute atomic E-state index is 0.102. The molecule has 0 unspecified atom stereocenters. The summed E-state index contributed by atoms with van der Waals surface area (Å²) in [6, 6.07) is 11.7. The fraction of sp³-hybridized carbons (Fsp3) is 0.450. The molecule has 1 aliphatic rings. The summed E-state index contributed by atoms with van der Waals surface area (Å²) < 4.78 is 11.0. The number of carbonyl (C=O) groups excluding carboxylic acids is 1. The molecule has 1 amide bonds. The Kier molecular flexibility index (Phi) is 6.29. The fourth-order valence-corrected chi connectivity index (χ4v) is 4.03. The van der Waals surface area contributed by atoms with E-state index in [1.165, 1.54) is 0 Å². The van der Waals surface area contributed by atoms with Crippen LogP contribution in [-0.4, -0.2) is 49.8 Å². The van der Waals surface area contributed by atoms with Crippen molar-refractivity contribution in [3.05, 3.63) is 46.7 Å². The quantitative estimate of drug-likeness (QED) is 0.777. The summed E-state index contributed by atoms with van der Waals surface area (Å²) in [4.78, 5) is 18.3. The number of hydrogen-bond donors (Lipinski definition) is 0. The largest absolute Gasteiger partial charge is 0.497 e. The summed E-state index contributed by atoms with van der Waals surface area (Å²) in [5.41, 5.74) is 0.888. The Bertz CT molecular complexity index is 692. The first-order valence-electron chi connectivity index (χ1n) is 8.89. The molecule has 0 saturated carbocycles. The molecule has 0 aliphatic carbocycles. The van der Waals surface area contributed by atoms with E-state index in [0.717, 1.165) is 29.4 Å². The predicted molar refractivity (Wildman–Crippen MR) is 105 cm³/mol. The van der Waals surface area contributed by atoms with Gasteiger partial charge in [0.2, 0.25) is 5.91 Å². The van der Waals surface area contributed by atoms with Crippen LogP contribution in [-0.2, 0) is 16.1 Å². The van der Waals surface area contributed by atoms with E-state index < -0.39 is 0 Å². The van der Waals surface area contributed by atoms with Gasteiger partial charge >= 0.3 is 0 Å². The second-order valence-corrected chi connectivity index (χ2v) is 7.74. The summed E-state index contributed by atoms with van der Waals surface area (Å²) in [6.45, 7) is 6.66. The highest BCUT2D eigenvalue weighted by Crippen LogP contribution is 2.23. The molecule has 0 radical (unpaired) electrons. The van der Waals surface area contributed by atoms with E-state index in [1.807, 2.05) is 40.6 Å². The van der Waals surface area contributed by atoms with Gasteiger partial charge in [-0.2, -0.15) is 0 Å². The van der Waals surface area contributed by atoms with Gasteiger partial charge in [0.05, 0.1) is 32.4 Å². The first-order chi connectivity index (χ1) is 12.5. The van der Waals surface area contributed by atoms with E-state index in [2.05, 4.69) is 24.8 Å². The molecule has 0 bridgehead atoms.